The maximum absolute atomic E-state index is 10.5. The Bertz CT molecular complexity index is 389. The quantitative estimate of drug-likeness (QED) is 0.810. The molecule has 0 saturated heterocycles. The van der Waals surface area contributed by atoms with Crippen LogP contribution >= 0.6 is 0 Å². The number of fused-ring (bicyclic) bond motifs is 1. The van der Waals surface area contributed by atoms with Gasteiger partial charge in [0.2, 0.25) is 0 Å². The monoisotopic (exact) mass is 247 g/mol. The van der Waals surface area contributed by atoms with Gasteiger partial charge in [0, 0.05) is 6.04 Å². The van der Waals surface area contributed by atoms with Crippen LogP contribution in [0.25, 0.3) is 0 Å². The second-order valence-corrected chi connectivity index (χ2v) is 5.30. The van der Waals surface area contributed by atoms with Gasteiger partial charge in [-0.15, -0.1) is 0 Å². The molecule has 1 aliphatic rings. The van der Waals surface area contributed by atoms with Gasteiger partial charge in [-0.25, -0.2) is 0 Å². The summed E-state index contributed by atoms with van der Waals surface area (Å²) in [5.41, 5.74) is 3.99. The summed E-state index contributed by atoms with van der Waals surface area (Å²) in [6, 6.07) is 6.69. The summed E-state index contributed by atoms with van der Waals surface area (Å²) >= 11 is 0. The highest BCUT2D eigenvalue weighted by Gasteiger charge is 2.20. The zero-order valence-electron chi connectivity index (χ0n) is 11.6. The van der Waals surface area contributed by atoms with Crippen molar-refractivity contribution >= 4 is 0 Å². The minimum atomic E-state index is -0.382. The summed E-state index contributed by atoms with van der Waals surface area (Å²) in [6.07, 6.45) is 5.32. The predicted molar refractivity (Wildman–Crippen MR) is 75.8 cm³/mol. The molecule has 0 saturated carbocycles. The molecule has 0 aliphatic heterocycles. The van der Waals surface area contributed by atoms with Crippen LogP contribution in [-0.2, 0) is 12.8 Å². The smallest absolute Gasteiger partial charge is 0.0942 e. The van der Waals surface area contributed by atoms with Crippen LogP contribution < -0.4 is 5.32 Å². The Morgan fingerprint density at radius 3 is 2.72 bits per heavy atom. The number of aliphatic hydroxyl groups is 1. The van der Waals surface area contributed by atoms with Crippen LogP contribution in [0.2, 0.25) is 0 Å². The second kappa shape index (κ2) is 6.35. The van der Waals surface area contributed by atoms with Gasteiger partial charge in [0.05, 0.1) is 6.10 Å². The maximum atomic E-state index is 10.5. The number of benzene rings is 1. The fraction of sp³-hybridized carbons (Fsp3) is 0.625. The van der Waals surface area contributed by atoms with Crippen molar-refractivity contribution in [2.24, 2.45) is 0 Å². The lowest BCUT2D eigenvalue weighted by Crippen LogP contribution is -2.34. The van der Waals surface area contributed by atoms with Crippen LogP contribution in [0.15, 0.2) is 18.2 Å². The molecule has 1 aliphatic carbocycles. The summed E-state index contributed by atoms with van der Waals surface area (Å²) in [6.45, 7) is 5.26. The molecule has 18 heavy (non-hydrogen) atoms. The number of hydrogen-bond donors (Lipinski definition) is 2. The van der Waals surface area contributed by atoms with Gasteiger partial charge in [0.25, 0.3) is 0 Å². The molecule has 2 N–H and O–H groups in total. The molecular weight excluding hydrogens is 222 g/mol. The highest BCUT2D eigenvalue weighted by atomic mass is 16.3. The SMILES string of the molecule is CCCNC(CC)C(O)c1ccc2c(c1)CCC2. The Morgan fingerprint density at radius 2 is 2.00 bits per heavy atom. The van der Waals surface area contributed by atoms with Crippen LogP contribution in [0.5, 0.6) is 0 Å². The average molecular weight is 247 g/mol. The van der Waals surface area contributed by atoms with Crippen molar-refractivity contribution in [3.8, 4) is 0 Å². The lowest BCUT2D eigenvalue weighted by atomic mass is 9.97. The van der Waals surface area contributed by atoms with Crippen molar-refractivity contribution in [2.45, 2.75) is 58.1 Å². The summed E-state index contributed by atoms with van der Waals surface area (Å²) in [4.78, 5) is 0. The van der Waals surface area contributed by atoms with Gasteiger partial charge in [-0.3, -0.25) is 0 Å². The van der Waals surface area contributed by atoms with Gasteiger partial charge in [-0.05, 0) is 55.3 Å². The van der Waals surface area contributed by atoms with Crippen LogP contribution in [0.3, 0.4) is 0 Å². The van der Waals surface area contributed by atoms with Crippen LogP contribution in [-0.4, -0.2) is 17.7 Å². The number of aliphatic hydroxyl groups excluding tert-OH is 1. The lowest BCUT2D eigenvalue weighted by molar-refractivity contribution is 0.126. The summed E-state index contributed by atoms with van der Waals surface area (Å²) in [5, 5.41) is 13.9. The molecule has 0 radical (unpaired) electrons. The van der Waals surface area contributed by atoms with Crippen molar-refractivity contribution < 1.29 is 5.11 Å². The second-order valence-electron chi connectivity index (χ2n) is 5.30. The molecule has 2 unspecified atom stereocenters. The van der Waals surface area contributed by atoms with Crippen molar-refractivity contribution in [1.29, 1.82) is 0 Å². The lowest BCUT2D eigenvalue weighted by Gasteiger charge is -2.23. The van der Waals surface area contributed by atoms with Gasteiger partial charge in [-0.2, -0.15) is 0 Å². The number of aryl methyl sites for hydroxylation is 2. The van der Waals surface area contributed by atoms with Gasteiger partial charge >= 0.3 is 0 Å². The van der Waals surface area contributed by atoms with Crippen molar-refractivity contribution in [1.82, 2.24) is 5.32 Å². The topological polar surface area (TPSA) is 32.3 Å². The first-order valence-corrected chi connectivity index (χ1v) is 7.29. The van der Waals surface area contributed by atoms with E-state index in [9.17, 15) is 5.11 Å². The first-order valence-electron chi connectivity index (χ1n) is 7.29. The molecule has 2 rings (SSSR count). The Kier molecular flexibility index (Phi) is 4.79. The Hall–Kier alpha value is -0.860. The first-order chi connectivity index (χ1) is 8.76. The summed E-state index contributed by atoms with van der Waals surface area (Å²) in [7, 11) is 0. The van der Waals surface area contributed by atoms with E-state index >= 15 is 0 Å². The van der Waals surface area contributed by atoms with Crippen molar-refractivity contribution in [3.05, 3.63) is 34.9 Å². The highest BCUT2D eigenvalue weighted by molar-refractivity contribution is 5.36. The van der Waals surface area contributed by atoms with Crippen molar-refractivity contribution in [2.75, 3.05) is 6.54 Å². The molecule has 0 spiro atoms. The normalized spacial score (nSPS) is 17.5. The van der Waals surface area contributed by atoms with Gasteiger partial charge < -0.3 is 10.4 Å². The van der Waals surface area contributed by atoms with Crippen LogP contribution in [0.4, 0.5) is 0 Å². The summed E-state index contributed by atoms with van der Waals surface area (Å²) < 4.78 is 0. The minimum Gasteiger partial charge on any atom is -0.387 e. The molecule has 0 aromatic heterocycles. The van der Waals surface area contributed by atoms with E-state index in [-0.39, 0.29) is 12.1 Å². The third kappa shape index (κ3) is 2.93. The summed E-state index contributed by atoms with van der Waals surface area (Å²) in [5.74, 6) is 0. The molecule has 2 atom stereocenters. The molecule has 100 valence electrons. The molecule has 0 bridgehead atoms. The van der Waals surface area contributed by atoms with E-state index in [1.165, 1.54) is 30.4 Å². The molecule has 1 aromatic rings. The third-order valence-corrected chi connectivity index (χ3v) is 3.94. The number of rotatable bonds is 6. The van der Waals surface area contributed by atoms with Crippen molar-refractivity contribution in [3.63, 3.8) is 0 Å². The van der Waals surface area contributed by atoms with Crippen LogP contribution in [0, 0.1) is 0 Å². The van der Waals surface area contributed by atoms with E-state index in [1.807, 2.05) is 0 Å². The van der Waals surface area contributed by atoms with E-state index in [2.05, 4.69) is 37.4 Å². The van der Waals surface area contributed by atoms with E-state index in [0.717, 1.165) is 24.9 Å². The minimum absolute atomic E-state index is 0.171. The first kappa shape index (κ1) is 13.6. The van der Waals surface area contributed by atoms with Gasteiger partial charge in [0.15, 0.2) is 0 Å². The zero-order chi connectivity index (χ0) is 13.0. The van der Waals surface area contributed by atoms with E-state index < -0.39 is 0 Å². The Balaban J connectivity index is 2.09. The van der Waals surface area contributed by atoms with Gasteiger partial charge in [-0.1, -0.05) is 32.0 Å². The maximum Gasteiger partial charge on any atom is 0.0942 e. The van der Waals surface area contributed by atoms with E-state index in [4.69, 9.17) is 0 Å². The molecule has 0 heterocycles. The van der Waals surface area contributed by atoms with E-state index in [1.54, 1.807) is 0 Å². The molecule has 0 amide bonds. The Morgan fingerprint density at radius 1 is 1.22 bits per heavy atom. The molecule has 0 fully saturated rings. The predicted octanol–water partition coefficient (Wildman–Crippen LogP) is 2.99. The van der Waals surface area contributed by atoms with Crippen LogP contribution in [0.1, 0.15) is 55.9 Å². The number of nitrogens with one attached hydrogen (secondary N) is 1. The van der Waals surface area contributed by atoms with E-state index in [0.29, 0.717) is 0 Å². The fourth-order valence-electron chi connectivity index (χ4n) is 2.82. The molecule has 2 heteroatoms. The highest BCUT2D eigenvalue weighted by Crippen LogP contribution is 2.27. The largest absolute Gasteiger partial charge is 0.387 e. The Labute approximate surface area is 110 Å². The zero-order valence-corrected chi connectivity index (χ0v) is 11.6. The number of hydrogen-bond acceptors (Lipinski definition) is 2. The standard InChI is InChI=1S/C16H25NO/c1-3-10-17-15(4-2)16(18)14-9-8-12-6-5-7-13(12)11-14/h8-9,11,15-18H,3-7,10H2,1-2H3. The third-order valence-electron chi connectivity index (χ3n) is 3.94. The molecular formula is C16H25NO. The van der Waals surface area contributed by atoms with Gasteiger partial charge in [0.1, 0.15) is 0 Å². The molecule has 1 aromatic carbocycles. The average Bonchev–Trinajstić information content (AvgIpc) is 2.86. The molecule has 2 nitrogen and oxygen atoms in total. The fourth-order valence-corrected chi connectivity index (χ4v) is 2.82.